The van der Waals surface area contributed by atoms with Crippen LogP contribution in [-0.2, 0) is 21.0 Å². The Morgan fingerprint density at radius 1 is 1.09 bits per heavy atom. The summed E-state index contributed by atoms with van der Waals surface area (Å²) in [5.74, 6) is 0.330. The van der Waals surface area contributed by atoms with Crippen molar-refractivity contribution >= 4 is 15.9 Å². The van der Waals surface area contributed by atoms with Crippen LogP contribution in [0.1, 0.15) is 30.0 Å². The second-order valence-electron chi connectivity index (χ2n) is 7.26. The lowest BCUT2D eigenvalue weighted by Gasteiger charge is -2.26. The molecule has 1 saturated heterocycles. The third-order valence-electron chi connectivity index (χ3n) is 5.15. The molecule has 1 amide bonds. The smallest absolute Gasteiger partial charge is 0.416 e. The van der Waals surface area contributed by atoms with Gasteiger partial charge in [-0.2, -0.15) is 13.2 Å². The van der Waals surface area contributed by atoms with Gasteiger partial charge in [-0.25, -0.2) is 13.1 Å². The lowest BCUT2D eigenvalue weighted by atomic mass is 10.0. The van der Waals surface area contributed by atoms with Crippen LogP contribution < -0.4 is 14.2 Å². The highest BCUT2D eigenvalue weighted by Crippen LogP contribution is 2.33. The van der Waals surface area contributed by atoms with Crippen molar-refractivity contribution in [3.8, 4) is 11.5 Å². The maximum Gasteiger partial charge on any atom is 0.416 e. The molecule has 11 heteroatoms. The van der Waals surface area contributed by atoms with Gasteiger partial charge in [-0.15, -0.1) is 0 Å². The summed E-state index contributed by atoms with van der Waals surface area (Å²) in [7, 11) is -1.42. The minimum Gasteiger partial charge on any atom is -0.493 e. The molecule has 1 N–H and O–H groups in total. The molecule has 1 aliphatic heterocycles. The summed E-state index contributed by atoms with van der Waals surface area (Å²) in [5.41, 5.74) is -0.804. The van der Waals surface area contributed by atoms with Crippen molar-refractivity contribution in [2.75, 3.05) is 27.3 Å². The number of likely N-dealkylation sites (tertiary alicyclic amines) is 1. The van der Waals surface area contributed by atoms with Gasteiger partial charge in [-0.05, 0) is 36.2 Å². The number of sulfonamides is 1. The van der Waals surface area contributed by atoms with Crippen LogP contribution in [0.4, 0.5) is 13.2 Å². The molecule has 32 heavy (non-hydrogen) atoms. The van der Waals surface area contributed by atoms with E-state index in [1.54, 1.807) is 0 Å². The van der Waals surface area contributed by atoms with Crippen LogP contribution in [0, 0.1) is 0 Å². The number of alkyl halides is 3. The van der Waals surface area contributed by atoms with Crippen molar-refractivity contribution < 1.29 is 35.9 Å². The Kier molecular flexibility index (Phi) is 6.99. The van der Waals surface area contributed by atoms with Crippen molar-refractivity contribution in [2.45, 2.75) is 30.0 Å². The zero-order valence-electron chi connectivity index (χ0n) is 17.5. The van der Waals surface area contributed by atoms with Gasteiger partial charge in [0.05, 0.1) is 30.7 Å². The lowest BCUT2D eigenvalue weighted by molar-refractivity contribution is -0.137. The SMILES string of the molecule is COc1ccc(S(=O)(=O)NC(CN2CCCC2=O)c2cccc(C(F)(F)F)c2)cc1OC. The largest absolute Gasteiger partial charge is 0.493 e. The van der Waals surface area contributed by atoms with Gasteiger partial charge in [-0.3, -0.25) is 4.79 Å². The number of methoxy groups -OCH3 is 2. The van der Waals surface area contributed by atoms with Crippen LogP contribution in [0.5, 0.6) is 11.5 Å². The van der Waals surface area contributed by atoms with Crippen molar-refractivity contribution in [1.29, 1.82) is 0 Å². The molecule has 7 nitrogen and oxygen atoms in total. The summed E-state index contributed by atoms with van der Waals surface area (Å²) in [6, 6.07) is 7.29. The number of ether oxygens (including phenoxy) is 2. The van der Waals surface area contributed by atoms with E-state index >= 15 is 0 Å². The number of rotatable bonds is 8. The van der Waals surface area contributed by atoms with E-state index in [1.807, 2.05) is 0 Å². The molecule has 3 rings (SSSR count). The zero-order chi connectivity index (χ0) is 23.5. The summed E-state index contributed by atoms with van der Waals surface area (Å²) in [4.78, 5) is 13.4. The molecule has 0 aliphatic carbocycles. The number of carbonyl (C=O) groups is 1. The average Bonchev–Trinajstić information content (AvgIpc) is 3.16. The Labute approximate surface area is 184 Å². The fourth-order valence-corrected chi connectivity index (χ4v) is 4.73. The molecule has 1 atom stereocenters. The van der Waals surface area contributed by atoms with Crippen molar-refractivity contribution in [1.82, 2.24) is 9.62 Å². The highest BCUT2D eigenvalue weighted by atomic mass is 32.2. The quantitative estimate of drug-likeness (QED) is 0.637. The number of amides is 1. The number of hydrogen-bond acceptors (Lipinski definition) is 5. The molecule has 2 aromatic carbocycles. The van der Waals surface area contributed by atoms with Crippen molar-refractivity contribution in [3.05, 3.63) is 53.6 Å². The van der Waals surface area contributed by atoms with E-state index in [1.165, 1.54) is 49.5 Å². The van der Waals surface area contributed by atoms with E-state index in [0.29, 0.717) is 25.1 Å². The van der Waals surface area contributed by atoms with E-state index in [4.69, 9.17) is 9.47 Å². The molecule has 0 radical (unpaired) electrons. The van der Waals surface area contributed by atoms with E-state index in [9.17, 15) is 26.4 Å². The van der Waals surface area contributed by atoms with Crippen LogP contribution >= 0.6 is 0 Å². The minimum absolute atomic E-state index is 0.0906. The number of nitrogens with one attached hydrogen (secondary N) is 1. The monoisotopic (exact) mass is 472 g/mol. The Bertz CT molecular complexity index is 1090. The fourth-order valence-electron chi connectivity index (χ4n) is 3.50. The van der Waals surface area contributed by atoms with Crippen LogP contribution in [0.3, 0.4) is 0 Å². The molecular formula is C21H23F3N2O5S. The first-order chi connectivity index (χ1) is 15.0. The molecule has 2 aromatic rings. The predicted molar refractivity (Wildman–Crippen MR) is 110 cm³/mol. The number of nitrogens with zero attached hydrogens (tertiary/aromatic N) is 1. The van der Waals surface area contributed by atoms with E-state index in [2.05, 4.69) is 4.72 Å². The molecule has 0 saturated carbocycles. The number of halogens is 3. The molecular weight excluding hydrogens is 449 g/mol. The lowest BCUT2D eigenvalue weighted by Crippen LogP contribution is -2.38. The molecule has 1 aliphatic rings. The van der Waals surface area contributed by atoms with Crippen LogP contribution in [-0.4, -0.2) is 46.5 Å². The van der Waals surface area contributed by atoms with Crippen LogP contribution in [0.2, 0.25) is 0 Å². The molecule has 174 valence electrons. The minimum atomic E-state index is -4.59. The molecule has 0 aromatic heterocycles. The van der Waals surface area contributed by atoms with Crippen molar-refractivity contribution in [2.24, 2.45) is 0 Å². The Morgan fingerprint density at radius 3 is 2.41 bits per heavy atom. The Morgan fingerprint density at radius 2 is 1.81 bits per heavy atom. The van der Waals surface area contributed by atoms with Gasteiger partial charge in [-0.1, -0.05) is 12.1 Å². The summed E-state index contributed by atoms with van der Waals surface area (Å²) < 4.78 is 78.6. The maximum atomic E-state index is 13.2. The van der Waals surface area contributed by atoms with Gasteiger partial charge < -0.3 is 14.4 Å². The second-order valence-corrected chi connectivity index (χ2v) is 8.97. The topological polar surface area (TPSA) is 84.9 Å². The number of hydrogen-bond donors (Lipinski definition) is 1. The number of benzene rings is 2. The number of carbonyl (C=O) groups excluding carboxylic acids is 1. The first-order valence-corrected chi connectivity index (χ1v) is 11.2. The second kappa shape index (κ2) is 9.37. The van der Waals surface area contributed by atoms with Gasteiger partial charge in [0.1, 0.15) is 0 Å². The molecule has 0 bridgehead atoms. The van der Waals surface area contributed by atoms with E-state index in [-0.39, 0.29) is 28.7 Å². The fraction of sp³-hybridized carbons (Fsp3) is 0.381. The third-order valence-corrected chi connectivity index (χ3v) is 6.62. The average molecular weight is 472 g/mol. The maximum absolute atomic E-state index is 13.2. The van der Waals surface area contributed by atoms with Gasteiger partial charge in [0, 0.05) is 25.6 Å². The Balaban J connectivity index is 1.97. The standard InChI is InChI=1S/C21H23F3N2O5S/c1-30-18-9-8-16(12-19(18)31-2)32(28,29)25-17(13-26-10-4-7-20(26)27)14-5-3-6-15(11-14)21(22,23)24/h3,5-6,8-9,11-12,17,25H,4,7,10,13H2,1-2H3. The predicted octanol–water partition coefficient (Wildman–Crippen LogP) is 3.36. The highest BCUT2D eigenvalue weighted by Gasteiger charge is 2.33. The van der Waals surface area contributed by atoms with Gasteiger partial charge in [0.2, 0.25) is 15.9 Å². The molecule has 1 unspecified atom stereocenters. The first kappa shape index (κ1) is 23.9. The van der Waals surface area contributed by atoms with Gasteiger partial charge >= 0.3 is 6.18 Å². The molecule has 0 spiro atoms. The first-order valence-electron chi connectivity index (χ1n) is 9.74. The van der Waals surface area contributed by atoms with Gasteiger partial charge in [0.25, 0.3) is 0 Å². The highest BCUT2D eigenvalue weighted by molar-refractivity contribution is 7.89. The molecule has 1 fully saturated rings. The molecule has 1 heterocycles. The van der Waals surface area contributed by atoms with E-state index in [0.717, 1.165) is 12.1 Å². The summed E-state index contributed by atoms with van der Waals surface area (Å²) in [6.07, 6.45) is -3.67. The van der Waals surface area contributed by atoms with Crippen molar-refractivity contribution in [3.63, 3.8) is 0 Å². The normalized spacial score (nSPS) is 15.7. The van der Waals surface area contributed by atoms with Gasteiger partial charge in [0.15, 0.2) is 11.5 Å². The zero-order valence-corrected chi connectivity index (χ0v) is 18.3. The van der Waals surface area contributed by atoms with E-state index < -0.39 is 27.8 Å². The summed E-state index contributed by atoms with van der Waals surface area (Å²) >= 11 is 0. The Hall–Kier alpha value is -2.79. The van der Waals surface area contributed by atoms with Crippen LogP contribution in [0.25, 0.3) is 0 Å². The van der Waals surface area contributed by atoms with Crippen LogP contribution in [0.15, 0.2) is 47.4 Å². The summed E-state index contributed by atoms with van der Waals surface area (Å²) in [6.45, 7) is 0.318. The third kappa shape index (κ3) is 5.33. The summed E-state index contributed by atoms with van der Waals surface area (Å²) in [5, 5.41) is 0.